The zero-order chi connectivity index (χ0) is 22.7. The van der Waals surface area contributed by atoms with Crippen LogP contribution in [-0.2, 0) is 26.6 Å². The van der Waals surface area contributed by atoms with Gasteiger partial charge >= 0.3 is 0 Å². The van der Waals surface area contributed by atoms with Gasteiger partial charge in [0.15, 0.2) is 11.5 Å². The second kappa shape index (κ2) is 9.87. The van der Waals surface area contributed by atoms with E-state index in [1.54, 1.807) is 24.1 Å². The molecule has 0 radical (unpaired) electrons. The van der Waals surface area contributed by atoms with Gasteiger partial charge in [0, 0.05) is 5.56 Å². The molecule has 2 aliphatic heterocycles. The summed E-state index contributed by atoms with van der Waals surface area (Å²) in [5, 5.41) is 0.666. The number of carbonyl (C=O) groups excluding carboxylic acids is 1. The normalized spacial score (nSPS) is 17.0. The van der Waals surface area contributed by atoms with Gasteiger partial charge in [0.25, 0.3) is 11.7 Å². The third kappa shape index (κ3) is 4.17. The standard InChI is InChI=1S/C24H27Cl2NO5/c1-3-4-5-11-30-19-10-7-16(14-20(19)29-2)15-27-22-17(8-9-18(25)21(22)26)24(23(27)28)31-12-6-13-32-24/h7-10,14H,3-6,11-13,15H2,1-2H3. The van der Waals surface area contributed by atoms with Crippen LogP contribution in [0, 0.1) is 0 Å². The zero-order valence-electron chi connectivity index (χ0n) is 18.3. The number of ether oxygens (including phenoxy) is 4. The van der Waals surface area contributed by atoms with Crippen LogP contribution >= 0.6 is 23.2 Å². The monoisotopic (exact) mass is 479 g/mol. The van der Waals surface area contributed by atoms with Gasteiger partial charge in [-0.2, -0.15) is 0 Å². The van der Waals surface area contributed by atoms with Gasteiger partial charge in [-0.25, -0.2) is 0 Å². The van der Waals surface area contributed by atoms with Crippen molar-refractivity contribution in [2.45, 2.75) is 44.9 Å². The van der Waals surface area contributed by atoms with Crippen molar-refractivity contribution in [1.82, 2.24) is 0 Å². The molecule has 8 heteroatoms. The molecule has 0 saturated carbocycles. The number of unbranched alkanes of at least 4 members (excludes halogenated alkanes) is 2. The summed E-state index contributed by atoms with van der Waals surface area (Å²) in [6.07, 6.45) is 3.96. The number of fused-ring (bicyclic) bond motifs is 2. The molecule has 2 aromatic carbocycles. The first kappa shape index (κ1) is 23.2. The van der Waals surface area contributed by atoms with E-state index >= 15 is 0 Å². The zero-order valence-corrected chi connectivity index (χ0v) is 19.8. The molecular weight excluding hydrogens is 453 g/mol. The molecular formula is C24H27Cl2NO5. The fourth-order valence-electron chi connectivity index (χ4n) is 4.07. The predicted molar refractivity (Wildman–Crippen MR) is 124 cm³/mol. The lowest BCUT2D eigenvalue weighted by atomic mass is 10.1. The Bertz CT molecular complexity index is 991. The topological polar surface area (TPSA) is 57.2 Å². The maximum atomic E-state index is 13.5. The number of halogens is 2. The Hall–Kier alpha value is -1.99. The number of hydrogen-bond donors (Lipinski definition) is 0. The molecule has 0 unspecified atom stereocenters. The number of benzene rings is 2. The molecule has 2 aliphatic rings. The quantitative estimate of drug-likeness (QED) is 0.454. The second-order valence-electron chi connectivity index (χ2n) is 7.86. The maximum absolute atomic E-state index is 13.5. The van der Waals surface area contributed by atoms with E-state index in [2.05, 4.69) is 6.92 Å². The van der Waals surface area contributed by atoms with Gasteiger partial charge in [0.2, 0.25) is 0 Å². The highest BCUT2D eigenvalue weighted by molar-refractivity contribution is 6.44. The Morgan fingerprint density at radius 2 is 1.88 bits per heavy atom. The Labute approximate surface area is 198 Å². The van der Waals surface area contributed by atoms with Crippen LogP contribution in [0.2, 0.25) is 10.0 Å². The first-order valence-electron chi connectivity index (χ1n) is 10.9. The molecule has 1 fully saturated rings. The van der Waals surface area contributed by atoms with E-state index in [9.17, 15) is 4.79 Å². The van der Waals surface area contributed by atoms with Crippen LogP contribution in [0.3, 0.4) is 0 Å². The summed E-state index contributed by atoms with van der Waals surface area (Å²) >= 11 is 12.8. The summed E-state index contributed by atoms with van der Waals surface area (Å²) in [7, 11) is 1.60. The first-order valence-corrected chi connectivity index (χ1v) is 11.7. The highest BCUT2D eigenvalue weighted by Gasteiger charge is 2.55. The smallest absolute Gasteiger partial charge is 0.292 e. The van der Waals surface area contributed by atoms with Crippen molar-refractivity contribution >= 4 is 34.8 Å². The molecule has 1 amide bonds. The van der Waals surface area contributed by atoms with Gasteiger partial charge in [-0.05, 0) is 42.7 Å². The predicted octanol–water partition coefficient (Wildman–Crippen LogP) is 5.71. The van der Waals surface area contributed by atoms with Crippen LogP contribution in [-0.4, -0.2) is 32.8 Å². The van der Waals surface area contributed by atoms with E-state index in [1.165, 1.54) is 0 Å². The number of methoxy groups -OCH3 is 1. The van der Waals surface area contributed by atoms with Crippen LogP contribution in [0.1, 0.15) is 43.7 Å². The van der Waals surface area contributed by atoms with Gasteiger partial charge in [-0.15, -0.1) is 0 Å². The average molecular weight is 480 g/mol. The fourth-order valence-corrected chi connectivity index (χ4v) is 4.49. The first-order chi connectivity index (χ1) is 15.5. The van der Waals surface area contributed by atoms with E-state index in [4.69, 9.17) is 42.1 Å². The van der Waals surface area contributed by atoms with Crippen molar-refractivity contribution in [2.24, 2.45) is 0 Å². The second-order valence-corrected chi connectivity index (χ2v) is 8.64. The van der Waals surface area contributed by atoms with Crippen molar-refractivity contribution in [3.63, 3.8) is 0 Å². The summed E-state index contributed by atoms with van der Waals surface area (Å²) in [5.74, 6) is -0.496. The number of hydrogen-bond acceptors (Lipinski definition) is 5. The molecule has 0 aromatic heterocycles. The van der Waals surface area contributed by atoms with Crippen LogP contribution < -0.4 is 14.4 Å². The highest BCUT2D eigenvalue weighted by Crippen LogP contribution is 2.50. The van der Waals surface area contributed by atoms with E-state index in [1.807, 2.05) is 18.2 Å². The molecule has 32 heavy (non-hydrogen) atoms. The Kier molecular flexibility index (Phi) is 7.15. The van der Waals surface area contributed by atoms with Gasteiger partial charge in [-0.1, -0.05) is 49.0 Å². The third-order valence-electron chi connectivity index (χ3n) is 5.69. The van der Waals surface area contributed by atoms with E-state index in [0.717, 1.165) is 31.2 Å². The van der Waals surface area contributed by atoms with Crippen molar-refractivity contribution in [2.75, 3.05) is 31.8 Å². The minimum atomic E-state index is -1.48. The number of carbonyl (C=O) groups is 1. The minimum Gasteiger partial charge on any atom is -0.493 e. The number of amides is 1. The molecule has 4 rings (SSSR count). The van der Waals surface area contributed by atoms with Gasteiger partial charge < -0.3 is 23.8 Å². The SMILES string of the molecule is CCCCCOc1ccc(CN2C(=O)C3(OCCCO3)c3ccc(Cl)c(Cl)c32)cc1OC. The summed E-state index contributed by atoms with van der Waals surface area (Å²) in [6.45, 7) is 3.90. The average Bonchev–Trinajstić information content (AvgIpc) is 3.03. The Morgan fingerprint density at radius 3 is 2.59 bits per heavy atom. The minimum absolute atomic E-state index is 0.257. The summed E-state index contributed by atoms with van der Waals surface area (Å²) in [4.78, 5) is 15.1. The van der Waals surface area contributed by atoms with Crippen LogP contribution in [0.4, 0.5) is 5.69 Å². The van der Waals surface area contributed by atoms with Crippen molar-refractivity contribution in [3.8, 4) is 11.5 Å². The van der Waals surface area contributed by atoms with Gasteiger partial charge in [0.05, 0.1) is 49.2 Å². The van der Waals surface area contributed by atoms with Crippen LogP contribution in [0.15, 0.2) is 30.3 Å². The molecule has 0 bridgehead atoms. The molecule has 172 valence electrons. The highest BCUT2D eigenvalue weighted by atomic mass is 35.5. The lowest BCUT2D eigenvalue weighted by Gasteiger charge is -2.32. The molecule has 0 N–H and O–H groups in total. The molecule has 2 aromatic rings. The lowest BCUT2D eigenvalue weighted by Crippen LogP contribution is -2.47. The summed E-state index contributed by atoms with van der Waals surface area (Å²) < 4.78 is 23.2. The number of rotatable bonds is 8. The van der Waals surface area contributed by atoms with Crippen LogP contribution in [0.5, 0.6) is 11.5 Å². The third-order valence-corrected chi connectivity index (χ3v) is 6.49. The molecule has 6 nitrogen and oxygen atoms in total. The Balaban J connectivity index is 1.63. The van der Waals surface area contributed by atoms with Crippen LogP contribution in [0.25, 0.3) is 0 Å². The largest absolute Gasteiger partial charge is 0.493 e. The van der Waals surface area contributed by atoms with E-state index < -0.39 is 5.79 Å². The molecule has 2 heterocycles. The lowest BCUT2D eigenvalue weighted by molar-refractivity contribution is -0.256. The Morgan fingerprint density at radius 1 is 1.09 bits per heavy atom. The number of anilines is 1. The molecule has 0 atom stereocenters. The molecule has 0 aliphatic carbocycles. The van der Waals surface area contributed by atoms with E-state index in [0.29, 0.717) is 52.6 Å². The summed E-state index contributed by atoms with van der Waals surface area (Å²) in [6, 6.07) is 9.06. The van der Waals surface area contributed by atoms with Crippen molar-refractivity contribution in [1.29, 1.82) is 0 Å². The van der Waals surface area contributed by atoms with E-state index in [-0.39, 0.29) is 12.5 Å². The van der Waals surface area contributed by atoms with Crippen molar-refractivity contribution in [3.05, 3.63) is 51.5 Å². The summed E-state index contributed by atoms with van der Waals surface area (Å²) in [5.41, 5.74) is 1.95. The fraction of sp³-hybridized carbons (Fsp3) is 0.458. The van der Waals surface area contributed by atoms with Gasteiger partial charge in [0.1, 0.15) is 0 Å². The molecule has 1 spiro atoms. The number of nitrogens with zero attached hydrogens (tertiary/aromatic N) is 1. The van der Waals surface area contributed by atoms with Gasteiger partial charge in [-0.3, -0.25) is 4.79 Å². The van der Waals surface area contributed by atoms with Crippen molar-refractivity contribution < 1.29 is 23.7 Å². The molecule has 1 saturated heterocycles. The maximum Gasteiger partial charge on any atom is 0.292 e.